The number of alkyl halides is 3. The first kappa shape index (κ1) is 24.1. The van der Waals surface area contributed by atoms with Gasteiger partial charge in [-0.1, -0.05) is 31.0 Å². The Bertz CT molecular complexity index is 1010. The molecule has 5 nitrogen and oxygen atoms in total. The number of rotatable bonds is 8. The number of methoxy groups -OCH3 is 1. The van der Waals surface area contributed by atoms with Crippen LogP contribution < -0.4 is 14.8 Å². The van der Waals surface area contributed by atoms with Gasteiger partial charge in [0.05, 0.1) is 24.3 Å². The second kappa shape index (κ2) is 10.7. The van der Waals surface area contributed by atoms with Gasteiger partial charge in [-0.15, -0.1) is 0 Å². The van der Waals surface area contributed by atoms with E-state index in [0.717, 1.165) is 18.9 Å². The standard InChI is InChI=1S/C22H20ClF3N2O3/c1-3-4-9-31-19-8-5-14(11-20(19)30-2)10-15(13-27)21(29)28-16-6-7-18(23)17(12-16)22(24,25)26/h5-8,10-12H,3-4,9H2,1-2H3,(H,28,29). The number of anilines is 1. The largest absolute Gasteiger partial charge is 0.493 e. The topological polar surface area (TPSA) is 71.3 Å². The monoisotopic (exact) mass is 452 g/mol. The van der Waals surface area contributed by atoms with Crippen LogP contribution in [0.15, 0.2) is 42.0 Å². The smallest absolute Gasteiger partial charge is 0.417 e. The summed E-state index contributed by atoms with van der Waals surface area (Å²) in [6.45, 7) is 2.56. The summed E-state index contributed by atoms with van der Waals surface area (Å²) < 4.78 is 49.9. The summed E-state index contributed by atoms with van der Waals surface area (Å²) in [6.07, 6.45) is -1.52. The molecule has 1 amide bonds. The third-order valence-corrected chi connectivity index (χ3v) is 4.48. The minimum atomic E-state index is -4.68. The molecule has 2 aromatic rings. The lowest BCUT2D eigenvalue weighted by Gasteiger charge is -2.12. The molecule has 9 heteroatoms. The molecule has 0 unspecified atom stereocenters. The van der Waals surface area contributed by atoms with Crippen molar-refractivity contribution in [1.29, 1.82) is 5.26 Å². The minimum Gasteiger partial charge on any atom is -0.493 e. The average Bonchev–Trinajstić information content (AvgIpc) is 2.73. The van der Waals surface area contributed by atoms with Gasteiger partial charge < -0.3 is 14.8 Å². The second-order valence-corrected chi connectivity index (χ2v) is 6.84. The summed E-state index contributed by atoms with van der Waals surface area (Å²) in [5, 5.41) is 11.1. The Morgan fingerprint density at radius 2 is 1.97 bits per heavy atom. The number of ether oxygens (including phenoxy) is 2. The molecule has 164 valence electrons. The fourth-order valence-electron chi connectivity index (χ4n) is 2.55. The second-order valence-electron chi connectivity index (χ2n) is 6.43. The van der Waals surface area contributed by atoms with Crippen molar-refractivity contribution in [3.63, 3.8) is 0 Å². The average molecular weight is 453 g/mol. The van der Waals surface area contributed by atoms with Crippen molar-refractivity contribution in [3.05, 3.63) is 58.1 Å². The number of nitriles is 1. The first-order valence-electron chi connectivity index (χ1n) is 9.30. The van der Waals surface area contributed by atoms with E-state index >= 15 is 0 Å². The van der Waals surface area contributed by atoms with Crippen LogP contribution in [0.5, 0.6) is 11.5 Å². The number of hydrogen-bond acceptors (Lipinski definition) is 4. The Morgan fingerprint density at radius 3 is 2.58 bits per heavy atom. The number of nitrogens with one attached hydrogen (secondary N) is 1. The Morgan fingerprint density at radius 1 is 1.23 bits per heavy atom. The molecule has 0 atom stereocenters. The van der Waals surface area contributed by atoms with Crippen LogP contribution in [-0.4, -0.2) is 19.6 Å². The Balaban J connectivity index is 2.24. The van der Waals surface area contributed by atoms with E-state index in [0.29, 0.717) is 29.7 Å². The zero-order valence-electron chi connectivity index (χ0n) is 16.8. The van der Waals surface area contributed by atoms with Crippen molar-refractivity contribution in [3.8, 4) is 17.6 Å². The zero-order chi connectivity index (χ0) is 23.0. The number of carbonyl (C=O) groups excluding carboxylic acids is 1. The highest BCUT2D eigenvalue weighted by Gasteiger charge is 2.33. The summed E-state index contributed by atoms with van der Waals surface area (Å²) in [5.41, 5.74) is -1.04. The van der Waals surface area contributed by atoms with Crippen LogP contribution in [0.2, 0.25) is 5.02 Å². The molecule has 2 aromatic carbocycles. The van der Waals surface area contributed by atoms with Gasteiger partial charge in [0.25, 0.3) is 5.91 Å². The maximum absolute atomic E-state index is 13.0. The third kappa shape index (κ3) is 6.66. The first-order chi connectivity index (χ1) is 14.7. The van der Waals surface area contributed by atoms with Crippen LogP contribution in [0.3, 0.4) is 0 Å². The molecule has 31 heavy (non-hydrogen) atoms. The highest BCUT2D eigenvalue weighted by Crippen LogP contribution is 2.36. The van der Waals surface area contributed by atoms with E-state index in [4.69, 9.17) is 21.1 Å². The Kier molecular flexibility index (Phi) is 8.34. The van der Waals surface area contributed by atoms with Gasteiger partial charge in [-0.25, -0.2) is 0 Å². The summed E-state index contributed by atoms with van der Waals surface area (Å²) in [4.78, 5) is 12.4. The predicted octanol–water partition coefficient (Wildman–Crippen LogP) is 6.09. The van der Waals surface area contributed by atoms with Crippen LogP contribution in [-0.2, 0) is 11.0 Å². The molecule has 0 saturated carbocycles. The fraction of sp³-hybridized carbons (Fsp3) is 0.273. The predicted molar refractivity (Wildman–Crippen MR) is 112 cm³/mol. The van der Waals surface area contributed by atoms with E-state index < -0.39 is 22.7 Å². The maximum atomic E-state index is 13.0. The van der Waals surface area contributed by atoms with Crippen molar-refractivity contribution in [1.82, 2.24) is 0 Å². The van der Waals surface area contributed by atoms with Gasteiger partial charge in [0.1, 0.15) is 11.6 Å². The number of halogens is 4. The number of unbranched alkanes of at least 4 members (excludes halogenated alkanes) is 1. The van der Waals surface area contributed by atoms with E-state index in [-0.39, 0.29) is 11.3 Å². The summed E-state index contributed by atoms with van der Waals surface area (Å²) >= 11 is 5.58. The first-order valence-corrected chi connectivity index (χ1v) is 9.68. The maximum Gasteiger partial charge on any atom is 0.417 e. The van der Waals surface area contributed by atoms with Gasteiger partial charge in [0.15, 0.2) is 11.5 Å². The highest BCUT2D eigenvalue weighted by molar-refractivity contribution is 6.31. The number of amides is 1. The van der Waals surface area contributed by atoms with Gasteiger partial charge in [-0.3, -0.25) is 4.79 Å². The van der Waals surface area contributed by atoms with Gasteiger partial charge in [-0.05, 0) is 48.4 Å². The van der Waals surface area contributed by atoms with Crippen LogP contribution in [0, 0.1) is 11.3 Å². The molecule has 1 N–H and O–H groups in total. The van der Waals surface area contributed by atoms with E-state index in [1.165, 1.54) is 19.3 Å². The normalized spacial score (nSPS) is 11.6. The van der Waals surface area contributed by atoms with Crippen molar-refractivity contribution in [2.24, 2.45) is 0 Å². The van der Waals surface area contributed by atoms with E-state index in [1.54, 1.807) is 24.3 Å². The zero-order valence-corrected chi connectivity index (χ0v) is 17.6. The fourth-order valence-corrected chi connectivity index (χ4v) is 2.78. The molecule has 0 saturated heterocycles. The Labute approximate surface area is 183 Å². The molecule has 0 aliphatic rings. The Hall–Kier alpha value is -3.18. The van der Waals surface area contributed by atoms with Crippen LogP contribution in [0.4, 0.5) is 18.9 Å². The van der Waals surface area contributed by atoms with Crippen LogP contribution >= 0.6 is 11.6 Å². The molecule has 0 aromatic heterocycles. The molecular formula is C22H20ClF3N2O3. The van der Waals surface area contributed by atoms with E-state index in [2.05, 4.69) is 5.32 Å². The lowest BCUT2D eigenvalue weighted by atomic mass is 10.1. The van der Waals surface area contributed by atoms with Crippen molar-refractivity contribution in [2.75, 3.05) is 19.0 Å². The summed E-state index contributed by atoms with van der Waals surface area (Å²) in [6, 6.07) is 9.59. The SMILES string of the molecule is CCCCOc1ccc(C=C(C#N)C(=O)Nc2ccc(Cl)c(C(F)(F)F)c2)cc1OC. The van der Waals surface area contributed by atoms with Gasteiger partial charge in [0.2, 0.25) is 0 Å². The van der Waals surface area contributed by atoms with Crippen molar-refractivity contribution in [2.45, 2.75) is 25.9 Å². The van der Waals surface area contributed by atoms with Crippen LogP contribution in [0.1, 0.15) is 30.9 Å². The quantitative estimate of drug-likeness (QED) is 0.299. The van der Waals surface area contributed by atoms with Gasteiger partial charge >= 0.3 is 6.18 Å². The number of carbonyl (C=O) groups is 1. The lowest BCUT2D eigenvalue weighted by Crippen LogP contribution is -2.14. The number of nitrogens with zero attached hydrogens (tertiary/aromatic N) is 1. The molecule has 2 rings (SSSR count). The molecular weight excluding hydrogens is 433 g/mol. The van der Waals surface area contributed by atoms with Crippen molar-refractivity contribution >= 4 is 29.3 Å². The molecule has 0 spiro atoms. The summed E-state index contributed by atoms with van der Waals surface area (Å²) in [7, 11) is 1.46. The molecule has 0 heterocycles. The highest BCUT2D eigenvalue weighted by atomic mass is 35.5. The van der Waals surface area contributed by atoms with E-state index in [1.807, 2.05) is 6.92 Å². The van der Waals surface area contributed by atoms with Gasteiger partial charge in [-0.2, -0.15) is 18.4 Å². The molecule has 0 aliphatic heterocycles. The third-order valence-electron chi connectivity index (χ3n) is 4.15. The van der Waals surface area contributed by atoms with Gasteiger partial charge in [0, 0.05) is 5.69 Å². The van der Waals surface area contributed by atoms with Crippen molar-refractivity contribution < 1.29 is 27.4 Å². The number of hydrogen-bond donors (Lipinski definition) is 1. The number of benzene rings is 2. The molecule has 0 radical (unpaired) electrons. The van der Waals surface area contributed by atoms with Crippen LogP contribution in [0.25, 0.3) is 6.08 Å². The minimum absolute atomic E-state index is 0.139. The molecule has 0 bridgehead atoms. The molecule has 0 aliphatic carbocycles. The van der Waals surface area contributed by atoms with E-state index in [9.17, 15) is 23.2 Å². The lowest BCUT2D eigenvalue weighted by molar-refractivity contribution is -0.137. The summed E-state index contributed by atoms with van der Waals surface area (Å²) in [5.74, 6) is 0.0900. The molecule has 0 fully saturated rings.